The number of carbonyl (C=O) groups excluding carboxylic acids is 2. The zero-order chi connectivity index (χ0) is 29.0. The Morgan fingerprint density at radius 1 is 0.925 bits per heavy atom. The fraction of sp³-hybridized carbons (Fsp3) is 0.419. The third-order valence-corrected chi connectivity index (χ3v) is 7.06. The van der Waals surface area contributed by atoms with Gasteiger partial charge in [-0.1, -0.05) is 12.1 Å². The highest BCUT2D eigenvalue weighted by molar-refractivity contribution is 5.84. The number of urea groups is 1. The normalized spacial score (nSPS) is 14.1. The second kappa shape index (κ2) is 12.0. The van der Waals surface area contributed by atoms with Gasteiger partial charge in [0.15, 0.2) is 0 Å². The predicted molar refractivity (Wildman–Crippen MR) is 153 cm³/mol. The van der Waals surface area contributed by atoms with Crippen LogP contribution in [0.4, 0.5) is 4.79 Å². The van der Waals surface area contributed by atoms with Crippen molar-refractivity contribution in [2.24, 2.45) is 0 Å². The Bertz CT molecular complexity index is 1310. The van der Waals surface area contributed by atoms with Crippen LogP contribution < -0.4 is 9.47 Å². The standard InChI is InChI=1S/C31H39N3O6/c1-31(2,3)40-28(35)20-34-27(22-15-17-33(18-16-22)30(36)32(4)37)19-26(21-7-11-24(38-5)12-8-21)29(34)23-9-13-25(39-6)14-10-23/h7-14,19,22,37H,15-18,20H2,1-6H3. The van der Waals surface area contributed by atoms with E-state index < -0.39 is 11.6 Å². The van der Waals surface area contributed by atoms with Crippen LogP contribution in [0, 0.1) is 0 Å². The largest absolute Gasteiger partial charge is 0.497 e. The molecule has 0 unspecified atom stereocenters. The lowest BCUT2D eigenvalue weighted by Gasteiger charge is -2.33. The summed E-state index contributed by atoms with van der Waals surface area (Å²) in [5.74, 6) is 1.27. The highest BCUT2D eigenvalue weighted by Crippen LogP contribution is 2.41. The lowest BCUT2D eigenvalue weighted by atomic mass is 9.92. The van der Waals surface area contributed by atoms with Crippen molar-refractivity contribution in [2.75, 3.05) is 34.4 Å². The number of methoxy groups -OCH3 is 2. The van der Waals surface area contributed by atoms with Gasteiger partial charge in [-0.25, -0.2) is 9.86 Å². The number of esters is 1. The maximum Gasteiger partial charge on any atom is 0.343 e. The number of piperidine rings is 1. The summed E-state index contributed by atoms with van der Waals surface area (Å²) in [6.07, 6.45) is 1.39. The molecule has 0 bridgehead atoms. The van der Waals surface area contributed by atoms with E-state index in [1.165, 1.54) is 7.05 Å². The molecule has 1 saturated heterocycles. The molecule has 0 aliphatic carbocycles. The van der Waals surface area contributed by atoms with Crippen molar-refractivity contribution in [2.45, 2.75) is 51.7 Å². The van der Waals surface area contributed by atoms with E-state index in [1.807, 2.05) is 69.3 Å². The van der Waals surface area contributed by atoms with Crippen LogP contribution in [0.25, 0.3) is 22.4 Å². The lowest BCUT2D eigenvalue weighted by molar-refractivity contribution is -0.155. The monoisotopic (exact) mass is 549 g/mol. The summed E-state index contributed by atoms with van der Waals surface area (Å²) in [7, 11) is 4.61. The van der Waals surface area contributed by atoms with Gasteiger partial charge in [0.05, 0.1) is 19.9 Å². The van der Waals surface area contributed by atoms with E-state index in [9.17, 15) is 14.8 Å². The third-order valence-electron chi connectivity index (χ3n) is 7.06. The molecule has 3 aromatic rings. The minimum atomic E-state index is -0.620. The molecule has 0 atom stereocenters. The summed E-state index contributed by atoms with van der Waals surface area (Å²) >= 11 is 0. The smallest absolute Gasteiger partial charge is 0.343 e. The van der Waals surface area contributed by atoms with Gasteiger partial charge in [-0.3, -0.25) is 10.0 Å². The van der Waals surface area contributed by atoms with Gasteiger partial charge in [0.1, 0.15) is 23.6 Å². The summed E-state index contributed by atoms with van der Waals surface area (Å²) in [5.41, 5.74) is 4.21. The quantitative estimate of drug-likeness (QED) is 0.227. The zero-order valence-electron chi connectivity index (χ0n) is 24.1. The Morgan fingerprint density at radius 2 is 1.45 bits per heavy atom. The van der Waals surface area contributed by atoms with Crippen molar-refractivity contribution in [3.63, 3.8) is 0 Å². The van der Waals surface area contributed by atoms with E-state index in [0.29, 0.717) is 31.0 Å². The first kappa shape index (κ1) is 29.0. The van der Waals surface area contributed by atoms with Crippen molar-refractivity contribution in [3.8, 4) is 33.9 Å². The SMILES string of the molecule is COc1ccc(-c2cc(C3CCN(C(=O)N(C)O)CC3)n(CC(=O)OC(C)(C)C)c2-c2ccc(OC)cc2)cc1. The molecular weight excluding hydrogens is 510 g/mol. The van der Waals surface area contributed by atoms with Gasteiger partial charge in [-0.2, -0.15) is 0 Å². The fourth-order valence-corrected chi connectivity index (χ4v) is 5.20. The first-order chi connectivity index (χ1) is 19.0. The minimum Gasteiger partial charge on any atom is -0.497 e. The van der Waals surface area contributed by atoms with Gasteiger partial charge >= 0.3 is 12.0 Å². The van der Waals surface area contributed by atoms with Crippen LogP contribution in [0.3, 0.4) is 0 Å². The van der Waals surface area contributed by atoms with Gasteiger partial charge < -0.3 is 23.7 Å². The van der Waals surface area contributed by atoms with E-state index in [4.69, 9.17) is 14.2 Å². The van der Waals surface area contributed by atoms with Gasteiger partial charge in [-0.15, -0.1) is 0 Å². The second-order valence-electron chi connectivity index (χ2n) is 11.0. The minimum absolute atomic E-state index is 0.0443. The highest BCUT2D eigenvalue weighted by atomic mass is 16.6. The van der Waals surface area contributed by atoms with Crippen LogP contribution in [0.5, 0.6) is 11.5 Å². The molecule has 1 aliphatic heterocycles. The van der Waals surface area contributed by atoms with Crippen molar-refractivity contribution in [1.29, 1.82) is 0 Å². The van der Waals surface area contributed by atoms with Crippen molar-refractivity contribution >= 4 is 12.0 Å². The average Bonchev–Trinajstić information content (AvgIpc) is 3.30. The number of hydroxylamine groups is 2. The van der Waals surface area contributed by atoms with Crippen LogP contribution in [-0.2, 0) is 16.1 Å². The first-order valence-electron chi connectivity index (χ1n) is 13.5. The lowest BCUT2D eigenvalue weighted by Crippen LogP contribution is -2.43. The average molecular weight is 550 g/mol. The number of rotatable bonds is 7. The number of ether oxygens (including phenoxy) is 3. The Labute approximate surface area is 235 Å². The van der Waals surface area contributed by atoms with E-state index >= 15 is 0 Å². The molecule has 2 aromatic carbocycles. The molecule has 214 valence electrons. The van der Waals surface area contributed by atoms with Gasteiger partial charge in [0.25, 0.3) is 0 Å². The van der Waals surface area contributed by atoms with Gasteiger partial charge in [0, 0.05) is 37.3 Å². The molecule has 1 aromatic heterocycles. The van der Waals surface area contributed by atoms with Crippen LogP contribution >= 0.6 is 0 Å². The molecule has 1 N–H and O–H groups in total. The third kappa shape index (κ3) is 6.59. The first-order valence-corrected chi connectivity index (χ1v) is 13.5. The molecule has 9 heteroatoms. The van der Waals surface area contributed by atoms with Gasteiger partial charge in [-0.05, 0) is 87.2 Å². The molecular formula is C31H39N3O6. The number of hydrogen-bond acceptors (Lipinski definition) is 6. The van der Waals surface area contributed by atoms with Crippen molar-refractivity contribution < 1.29 is 29.0 Å². The predicted octanol–water partition coefficient (Wildman–Crippen LogP) is 5.80. The maximum atomic E-state index is 13.2. The molecule has 4 rings (SSSR count). The maximum absolute atomic E-state index is 13.2. The summed E-state index contributed by atoms with van der Waals surface area (Å²) in [6.45, 7) is 6.63. The molecule has 9 nitrogen and oxygen atoms in total. The molecule has 1 aliphatic rings. The molecule has 0 spiro atoms. The molecule has 0 saturated carbocycles. The number of amides is 2. The van der Waals surface area contributed by atoms with E-state index in [1.54, 1.807) is 19.1 Å². The highest BCUT2D eigenvalue weighted by Gasteiger charge is 2.31. The summed E-state index contributed by atoms with van der Waals surface area (Å²) in [4.78, 5) is 27.2. The Kier molecular flexibility index (Phi) is 8.73. The van der Waals surface area contributed by atoms with E-state index in [0.717, 1.165) is 39.6 Å². The molecule has 40 heavy (non-hydrogen) atoms. The fourth-order valence-electron chi connectivity index (χ4n) is 5.20. The molecule has 1 fully saturated rings. The summed E-state index contributed by atoms with van der Waals surface area (Å²) < 4.78 is 18.6. The Balaban J connectivity index is 1.83. The van der Waals surface area contributed by atoms with Crippen molar-refractivity contribution in [1.82, 2.24) is 14.5 Å². The number of carbonyl (C=O) groups is 2. The number of likely N-dealkylation sites (tertiary alicyclic amines) is 1. The summed E-state index contributed by atoms with van der Waals surface area (Å²) in [5, 5.41) is 10.2. The number of nitrogens with zero attached hydrogens (tertiary/aromatic N) is 3. The number of benzene rings is 2. The number of aromatic nitrogens is 1. The molecule has 2 amide bonds. The van der Waals surface area contributed by atoms with Crippen LogP contribution in [0.15, 0.2) is 54.6 Å². The van der Waals surface area contributed by atoms with Crippen LogP contribution in [0.2, 0.25) is 0 Å². The zero-order valence-corrected chi connectivity index (χ0v) is 24.1. The van der Waals surface area contributed by atoms with E-state index in [-0.39, 0.29) is 18.4 Å². The van der Waals surface area contributed by atoms with Crippen LogP contribution in [0.1, 0.15) is 45.2 Å². The number of hydrogen-bond donors (Lipinski definition) is 1. The molecule has 0 radical (unpaired) electrons. The van der Waals surface area contributed by atoms with Gasteiger partial charge in [0.2, 0.25) is 0 Å². The molecule has 2 heterocycles. The van der Waals surface area contributed by atoms with Crippen molar-refractivity contribution in [3.05, 3.63) is 60.3 Å². The Morgan fingerprint density at radius 3 is 1.93 bits per heavy atom. The summed E-state index contributed by atoms with van der Waals surface area (Å²) in [6, 6.07) is 17.4. The topological polar surface area (TPSA) is 93.5 Å². The Hall–Kier alpha value is -3.98. The second-order valence-corrected chi connectivity index (χ2v) is 11.0. The van der Waals surface area contributed by atoms with Crippen LogP contribution in [-0.4, -0.2) is 71.7 Å². The van der Waals surface area contributed by atoms with E-state index in [2.05, 4.69) is 10.6 Å².